The summed E-state index contributed by atoms with van der Waals surface area (Å²) in [7, 11) is 3.59. The molecule has 5 rings (SSSR count). The lowest BCUT2D eigenvalue weighted by Gasteiger charge is -2.43. The molecule has 0 atom stereocenters. The summed E-state index contributed by atoms with van der Waals surface area (Å²) < 4.78 is 18.5. The SMILES string of the molecule is COc1cc2ncnc(Oc3cccc(CCI)c3)c2cc1N1CC2(CN(C)C2)OC1=O. The lowest BCUT2D eigenvalue weighted by molar-refractivity contribution is -0.0599. The van der Waals surface area contributed by atoms with Crippen LogP contribution in [0.2, 0.25) is 0 Å². The Morgan fingerprint density at radius 3 is 2.78 bits per heavy atom. The Labute approximate surface area is 199 Å². The highest BCUT2D eigenvalue weighted by Gasteiger charge is 2.53. The number of aryl methyl sites for hydroxylation is 1. The smallest absolute Gasteiger partial charge is 0.415 e. The summed E-state index contributed by atoms with van der Waals surface area (Å²) in [5, 5.41) is 0.696. The summed E-state index contributed by atoms with van der Waals surface area (Å²) >= 11 is 2.36. The monoisotopic (exact) mass is 546 g/mol. The van der Waals surface area contributed by atoms with E-state index in [0.29, 0.717) is 40.5 Å². The van der Waals surface area contributed by atoms with Gasteiger partial charge in [-0.3, -0.25) is 9.80 Å². The second kappa shape index (κ2) is 8.36. The van der Waals surface area contributed by atoms with Gasteiger partial charge in [0.05, 0.1) is 30.2 Å². The van der Waals surface area contributed by atoms with Crippen molar-refractivity contribution in [3.63, 3.8) is 0 Å². The van der Waals surface area contributed by atoms with Gasteiger partial charge in [-0.2, -0.15) is 0 Å². The zero-order chi connectivity index (χ0) is 22.3. The van der Waals surface area contributed by atoms with Gasteiger partial charge >= 0.3 is 6.09 Å². The summed E-state index contributed by atoms with van der Waals surface area (Å²) in [4.78, 5) is 25.2. The maximum Gasteiger partial charge on any atom is 0.415 e. The van der Waals surface area contributed by atoms with Crippen molar-refractivity contribution in [3.8, 4) is 17.4 Å². The molecule has 2 aromatic carbocycles. The number of likely N-dealkylation sites (N-methyl/N-ethyl adjacent to an activating group) is 1. The van der Waals surface area contributed by atoms with Crippen LogP contribution in [0.4, 0.5) is 10.5 Å². The second-order valence-corrected chi connectivity index (χ2v) is 9.30. The molecule has 1 aromatic heterocycles. The number of amides is 1. The molecule has 2 aliphatic rings. The summed E-state index contributed by atoms with van der Waals surface area (Å²) in [5.41, 5.74) is 2.03. The summed E-state index contributed by atoms with van der Waals surface area (Å²) in [6.07, 6.45) is 2.06. The number of fused-ring (bicyclic) bond motifs is 1. The molecule has 0 radical (unpaired) electrons. The Hall–Kier alpha value is -2.66. The minimum Gasteiger partial charge on any atom is -0.494 e. The number of aromatic nitrogens is 2. The molecular weight excluding hydrogens is 523 g/mol. The third-order valence-corrected chi connectivity index (χ3v) is 6.31. The maximum atomic E-state index is 12.7. The van der Waals surface area contributed by atoms with Gasteiger partial charge in [0.15, 0.2) is 5.60 Å². The largest absolute Gasteiger partial charge is 0.494 e. The molecule has 2 aliphatic heterocycles. The fourth-order valence-electron chi connectivity index (χ4n) is 4.40. The van der Waals surface area contributed by atoms with Crippen molar-refractivity contribution >= 4 is 45.3 Å². The molecular formula is C23H23IN4O4. The van der Waals surface area contributed by atoms with Crippen LogP contribution in [0.1, 0.15) is 5.56 Å². The number of carbonyl (C=O) groups excluding carboxylic acids is 1. The summed E-state index contributed by atoms with van der Waals surface area (Å²) in [6.45, 7) is 1.91. The van der Waals surface area contributed by atoms with Crippen LogP contribution in [0.25, 0.3) is 10.9 Å². The fraction of sp³-hybridized carbons (Fsp3) is 0.348. The van der Waals surface area contributed by atoms with Crippen molar-refractivity contribution in [2.24, 2.45) is 0 Å². The van der Waals surface area contributed by atoms with Crippen molar-refractivity contribution < 1.29 is 19.0 Å². The Balaban J connectivity index is 1.52. The Kier molecular flexibility index (Phi) is 5.54. The predicted octanol–water partition coefficient (Wildman–Crippen LogP) is 4.05. The van der Waals surface area contributed by atoms with Crippen molar-refractivity contribution in [2.45, 2.75) is 12.0 Å². The van der Waals surface area contributed by atoms with Gasteiger partial charge in [0.25, 0.3) is 0 Å². The predicted molar refractivity (Wildman–Crippen MR) is 129 cm³/mol. The minimum absolute atomic E-state index is 0.374. The molecule has 1 spiro atoms. The van der Waals surface area contributed by atoms with Crippen LogP contribution in [-0.4, -0.2) is 64.8 Å². The van der Waals surface area contributed by atoms with Crippen LogP contribution >= 0.6 is 22.6 Å². The summed E-state index contributed by atoms with van der Waals surface area (Å²) in [6, 6.07) is 11.6. The van der Waals surface area contributed by atoms with E-state index < -0.39 is 5.60 Å². The molecule has 0 N–H and O–H groups in total. The number of halogens is 1. The molecule has 8 nitrogen and oxygen atoms in total. The highest BCUT2D eigenvalue weighted by atomic mass is 127. The quantitative estimate of drug-likeness (QED) is 0.341. The molecule has 0 saturated carbocycles. The van der Waals surface area contributed by atoms with Gasteiger partial charge in [0, 0.05) is 23.6 Å². The zero-order valence-corrected chi connectivity index (χ0v) is 20.0. The lowest BCUT2D eigenvalue weighted by atomic mass is 9.95. The maximum absolute atomic E-state index is 12.7. The first-order valence-corrected chi connectivity index (χ1v) is 11.9. The lowest BCUT2D eigenvalue weighted by Crippen LogP contribution is -2.62. The van der Waals surface area contributed by atoms with E-state index in [2.05, 4.69) is 43.5 Å². The first-order chi connectivity index (χ1) is 15.5. The van der Waals surface area contributed by atoms with Crippen LogP contribution in [0.3, 0.4) is 0 Å². The van der Waals surface area contributed by atoms with Gasteiger partial charge < -0.3 is 14.2 Å². The highest BCUT2D eigenvalue weighted by molar-refractivity contribution is 14.1. The van der Waals surface area contributed by atoms with E-state index in [1.54, 1.807) is 18.1 Å². The number of carbonyl (C=O) groups is 1. The third kappa shape index (κ3) is 3.83. The first-order valence-electron chi connectivity index (χ1n) is 10.3. The molecule has 3 heterocycles. The van der Waals surface area contributed by atoms with E-state index in [0.717, 1.165) is 23.9 Å². The number of ether oxygens (including phenoxy) is 3. The normalized spacial score (nSPS) is 17.5. The number of benzene rings is 2. The average Bonchev–Trinajstić information content (AvgIpc) is 3.10. The van der Waals surface area contributed by atoms with Gasteiger partial charge in [0.2, 0.25) is 5.88 Å². The number of hydrogen-bond donors (Lipinski definition) is 0. The molecule has 2 saturated heterocycles. The molecule has 166 valence electrons. The topological polar surface area (TPSA) is 77.0 Å². The van der Waals surface area contributed by atoms with E-state index in [-0.39, 0.29) is 6.09 Å². The molecule has 0 bridgehead atoms. The zero-order valence-electron chi connectivity index (χ0n) is 17.9. The van der Waals surface area contributed by atoms with Crippen molar-refractivity contribution in [1.29, 1.82) is 0 Å². The number of anilines is 1. The average molecular weight is 546 g/mol. The second-order valence-electron chi connectivity index (χ2n) is 8.22. The van der Waals surface area contributed by atoms with E-state index in [1.165, 1.54) is 11.9 Å². The van der Waals surface area contributed by atoms with Gasteiger partial charge in [-0.15, -0.1) is 0 Å². The van der Waals surface area contributed by atoms with E-state index in [1.807, 2.05) is 31.3 Å². The van der Waals surface area contributed by atoms with Gasteiger partial charge in [-0.25, -0.2) is 14.8 Å². The van der Waals surface area contributed by atoms with Crippen LogP contribution < -0.4 is 14.4 Å². The van der Waals surface area contributed by atoms with Gasteiger partial charge in [0.1, 0.15) is 17.8 Å². The van der Waals surface area contributed by atoms with Gasteiger partial charge in [-0.1, -0.05) is 34.7 Å². The number of methoxy groups -OCH3 is 1. The molecule has 3 aromatic rings. The molecule has 2 fully saturated rings. The number of rotatable bonds is 6. The Morgan fingerprint density at radius 1 is 1.19 bits per heavy atom. The molecule has 0 unspecified atom stereocenters. The fourth-order valence-corrected chi connectivity index (χ4v) is 5.02. The number of hydrogen-bond acceptors (Lipinski definition) is 7. The van der Waals surface area contributed by atoms with E-state index >= 15 is 0 Å². The molecule has 0 aliphatic carbocycles. The van der Waals surface area contributed by atoms with E-state index in [9.17, 15) is 4.79 Å². The van der Waals surface area contributed by atoms with Gasteiger partial charge in [-0.05, 0) is 37.2 Å². The Morgan fingerprint density at radius 2 is 2.03 bits per heavy atom. The van der Waals surface area contributed by atoms with Crippen molar-refractivity contribution in [3.05, 3.63) is 48.3 Å². The Bertz CT molecular complexity index is 1180. The van der Waals surface area contributed by atoms with Crippen molar-refractivity contribution in [2.75, 3.05) is 43.1 Å². The van der Waals surface area contributed by atoms with E-state index in [4.69, 9.17) is 14.2 Å². The van der Waals surface area contributed by atoms with Crippen LogP contribution in [-0.2, 0) is 11.2 Å². The highest BCUT2D eigenvalue weighted by Crippen LogP contribution is 2.41. The number of alkyl halides is 1. The van der Waals surface area contributed by atoms with Crippen LogP contribution in [0.5, 0.6) is 17.4 Å². The first kappa shape index (κ1) is 21.2. The molecule has 1 amide bonds. The standard InChI is InChI=1S/C23H23IN4O4/c1-27-11-23(12-27)13-28(22(29)32-23)19-9-17-18(10-20(19)30-2)25-14-26-21(17)31-16-5-3-4-15(8-16)6-7-24/h3-5,8-10,14H,6-7,11-13H2,1-2H3. The molecule has 32 heavy (non-hydrogen) atoms. The molecule has 9 heteroatoms. The number of likely N-dealkylation sites (tertiary alicyclic amines) is 1. The number of nitrogens with zero attached hydrogens (tertiary/aromatic N) is 4. The third-order valence-electron chi connectivity index (χ3n) is 5.77. The summed E-state index contributed by atoms with van der Waals surface area (Å²) in [5.74, 6) is 1.69. The minimum atomic E-state index is -0.461. The van der Waals surface area contributed by atoms with Crippen LogP contribution in [0.15, 0.2) is 42.7 Å². The van der Waals surface area contributed by atoms with Crippen molar-refractivity contribution in [1.82, 2.24) is 14.9 Å². The van der Waals surface area contributed by atoms with Crippen LogP contribution in [0, 0.1) is 0 Å².